The van der Waals surface area contributed by atoms with Crippen molar-refractivity contribution in [2.24, 2.45) is 11.8 Å². The molecule has 13 nitrogen and oxygen atoms in total. The molecule has 1 aromatic heterocycles. The van der Waals surface area contributed by atoms with Crippen LogP contribution in [0, 0.1) is 23.5 Å². The average Bonchev–Trinajstić information content (AvgIpc) is 3.23. The van der Waals surface area contributed by atoms with Crippen LogP contribution >= 0.6 is 0 Å². The molecule has 2 aromatic carbocycles. The van der Waals surface area contributed by atoms with Crippen LogP contribution in [0.25, 0.3) is 11.3 Å². The van der Waals surface area contributed by atoms with E-state index in [9.17, 15) is 23.6 Å². The molecule has 3 N–H and O–H groups in total. The number of hydrogen-bond donors (Lipinski definition) is 3. The second-order valence-electron chi connectivity index (χ2n) is 16.5. The van der Waals surface area contributed by atoms with Crippen molar-refractivity contribution >= 4 is 41.1 Å². The van der Waals surface area contributed by atoms with Gasteiger partial charge in [-0.05, 0) is 119 Å². The van der Waals surface area contributed by atoms with Crippen molar-refractivity contribution in [2.75, 3.05) is 61.4 Å². The zero-order chi connectivity index (χ0) is 40.2. The van der Waals surface area contributed by atoms with Gasteiger partial charge in [-0.15, -0.1) is 0 Å². The summed E-state index contributed by atoms with van der Waals surface area (Å²) in [4.78, 5) is 64.2. The molecule has 0 unspecified atom stereocenters. The first kappa shape index (κ1) is 39.6. The average molecular weight is 799 g/mol. The maximum Gasteiger partial charge on any atom is 0.414 e. The molecule has 1 aliphatic carbocycles. The summed E-state index contributed by atoms with van der Waals surface area (Å²) in [6.45, 7) is 5.28. The van der Waals surface area contributed by atoms with Gasteiger partial charge in [0.2, 0.25) is 23.7 Å². The summed E-state index contributed by atoms with van der Waals surface area (Å²) in [7, 11) is 0. The van der Waals surface area contributed by atoms with Crippen LogP contribution in [0.1, 0.15) is 82.1 Å². The lowest BCUT2D eigenvalue weighted by atomic mass is 9.84. The second-order valence-corrected chi connectivity index (χ2v) is 16.5. The molecule has 1 saturated carbocycles. The zero-order valence-electron chi connectivity index (χ0n) is 32.8. The number of nitrogens with one attached hydrogen (secondary N) is 3. The molecule has 4 aliphatic heterocycles. The zero-order valence-corrected chi connectivity index (χ0v) is 32.8. The third-order valence-corrected chi connectivity index (χ3v) is 12.6. The Labute approximate surface area is 337 Å². The SMILES string of the molecule is O=C1CC[C@H](Nc2ccc(C3CCN(CC4CCN(C(=O)C5CCC(Nc6ncc(F)c(-c7cccc(N8CCCOC8=O)c7)n6)CC5)CC4)CC3)c(F)c2)C(=O)N1. The van der Waals surface area contributed by atoms with Gasteiger partial charge in [0.25, 0.3) is 0 Å². The van der Waals surface area contributed by atoms with Gasteiger partial charge in [-0.2, -0.15) is 0 Å². The number of anilines is 3. The number of carbonyl (C=O) groups excluding carboxylic acids is 4. The molecule has 5 heterocycles. The van der Waals surface area contributed by atoms with Crippen LogP contribution in [0.2, 0.25) is 0 Å². The molecule has 4 saturated heterocycles. The summed E-state index contributed by atoms with van der Waals surface area (Å²) < 4.78 is 35.4. The third kappa shape index (κ3) is 9.24. The van der Waals surface area contributed by atoms with Crippen LogP contribution in [0.15, 0.2) is 48.7 Å². The van der Waals surface area contributed by atoms with E-state index in [0.717, 1.165) is 90.5 Å². The fourth-order valence-electron chi connectivity index (χ4n) is 9.28. The lowest BCUT2D eigenvalue weighted by Gasteiger charge is -2.39. The number of benzene rings is 2. The number of hydrogen-bond acceptors (Lipinski definition) is 10. The highest BCUT2D eigenvalue weighted by atomic mass is 19.1. The van der Waals surface area contributed by atoms with Crippen LogP contribution in [-0.2, 0) is 19.1 Å². The van der Waals surface area contributed by atoms with E-state index >= 15 is 4.39 Å². The summed E-state index contributed by atoms with van der Waals surface area (Å²) in [5.41, 5.74) is 2.58. The number of cyclic esters (lactones) is 1. The topological polar surface area (TPSA) is 149 Å². The normalized spacial score (nSPS) is 24.0. The minimum Gasteiger partial charge on any atom is -0.449 e. The summed E-state index contributed by atoms with van der Waals surface area (Å²) in [5.74, 6) is -0.231. The molecule has 5 aliphatic rings. The Balaban J connectivity index is 0.755. The number of nitrogens with zero attached hydrogens (tertiary/aromatic N) is 5. The fourth-order valence-corrected chi connectivity index (χ4v) is 9.28. The Bertz CT molecular complexity index is 1990. The van der Waals surface area contributed by atoms with Gasteiger partial charge in [0.15, 0.2) is 5.82 Å². The third-order valence-electron chi connectivity index (χ3n) is 12.6. The van der Waals surface area contributed by atoms with Crippen molar-refractivity contribution in [2.45, 2.75) is 88.6 Å². The molecular formula is C43H52F2N8O5. The molecule has 15 heteroatoms. The highest BCUT2D eigenvalue weighted by Gasteiger charge is 2.33. The maximum atomic E-state index is 15.2. The van der Waals surface area contributed by atoms with E-state index in [1.165, 1.54) is 12.3 Å². The fraction of sp³-hybridized carbons (Fsp3) is 0.535. The molecule has 0 radical (unpaired) electrons. The van der Waals surface area contributed by atoms with E-state index in [1.807, 2.05) is 12.1 Å². The Morgan fingerprint density at radius 1 is 0.862 bits per heavy atom. The monoisotopic (exact) mass is 798 g/mol. The lowest BCUT2D eigenvalue weighted by Crippen LogP contribution is -2.47. The van der Waals surface area contributed by atoms with Gasteiger partial charge in [0.1, 0.15) is 17.6 Å². The maximum absolute atomic E-state index is 15.2. The first-order valence-corrected chi connectivity index (χ1v) is 20.9. The van der Waals surface area contributed by atoms with Gasteiger partial charge in [0, 0.05) is 61.5 Å². The van der Waals surface area contributed by atoms with Crippen molar-refractivity contribution in [1.29, 1.82) is 0 Å². The molecule has 58 heavy (non-hydrogen) atoms. The van der Waals surface area contributed by atoms with Gasteiger partial charge in [-0.25, -0.2) is 23.5 Å². The molecule has 8 rings (SSSR count). The van der Waals surface area contributed by atoms with E-state index in [0.29, 0.717) is 53.9 Å². The number of likely N-dealkylation sites (tertiary alicyclic amines) is 2. The minimum atomic E-state index is -0.550. The van der Waals surface area contributed by atoms with Crippen molar-refractivity contribution in [1.82, 2.24) is 25.1 Å². The Kier molecular flexibility index (Phi) is 12.1. The number of carbonyl (C=O) groups is 4. The van der Waals surface area contributed by atoms with Crippen molar-refractivity contribution in [3.8, 4) is 11.3 Å². The Hall–Kier alpha value is -5.18. The van der Waals surface area contributed by atoms with Gasteiger partial charge < -0.3 is 25.2 Å². The summed E-state index contributed by atoms with van der Waals surface area (Å²) in [5, 5.41) is 8.77. The minimum absolute atomic E-state index is 0.00906. The predicted molar refractivity (Wildman–Crippen MR) is 214 cm³/mol. The van der Waals surface area contributed by atoms with Crippen molar-refractivity contribution < 1.29 is 32.7 Å². The summed E-state index contributed by atoms with van der Waals surface area (Å²) in [6.07, 6.45) is 8.98. The first-order valence-electron chi connectivity index (χ1n) is 20.9. The predicted octanol–water partition coefficient (Wildman–Crippen LogP) is 6.07. The van der Waals surface area contributed by atoms with Crippen LogP contribution < -0.4 is 20.9 Å². The molecule has 3 aromatic rings. The van der Waals surface area contributed by atoms with Crippen LogP contribution in [0.5, 0.6) is 0 Å². The molecule has 1 atom stereocenters. The number of piperidine rings is 3. The van der Waals surface area contributed by atoms with E-state index < -0.39 is 18.0 Å². The Morgan fingerprint density at radius 3 is 2.40 bits per heavy atom. The number of amides is 4. The number of halogens is 2. The number of imide groups is 1. The summed E-state index contributed by atoms with van der Waals surface area (Å²) in [6, 6.07) is 11.7. The second kappa shape index (κ2) is 17.8. The Morgan fingerprint density at radius 2 is 1.66 bits per heavy atom. The van der Waals surface area contributed by atoms with E-state index in [1.54, 1.807) is 29.2 Å². The van der Waals surface area contributed by atoms with E-state index in [2.05, 4.69) is 35.7 Å². The number of rotatable bonds is 10. The summed E-state index contributed by atoms with van der Waals surface area (Å²) >= 11 is 0. The lowest BCUT2D eigenvalue weighted by molar-refractivity contribution is -0.138. The number of aromatic nitrogens is 2. The molecule has 5 fully saturated rings. The van der Waals surface area contributed by atoms with Gasteiger partial charge in [0.05, 0.1) is 12.8 Å². The van der Waals surface area contributed by atoms with Gasteiger partial charge in [-0.3, -0.25) is 24.6 Å². The van der Waals surface area contributed by atoms with E-state index in [4.69, 9.17) is 4.74 Å². The van der Waals surface area contributed by atoms with E-state index in [-0.39, 0.29) is 53.5 Å². The molecular weight excluding hydrogens is 747 g/mol. The highest BCUT2D eigenvalue weighted by molar-refractivity contribution is 6.01. The molecule has 0 spiro atoms. The highest BCUT2D eigenvalue weighted by Crippen LogP contribution is 2.34. The standard InChI is InChI=1S/C43H52F2N8O5/c44-35-24-32(47-37-11-12-38(54)49-40(37)55)9-10-34(35)28-15-18-51(19-16-28)26-27-13-20-52(21-14-27)41(56)29-5-7-31(8-6-29)48-42-46-25-36(45)39(50-42)30-3-1-4-33(23-30)53-17-2-22-58-43(53)57/h1,3-4,9-10,23-25,27-29,31,37,47H,2,5-8,11-22,26H2,(H,46,48,50)(H,49,54,55)/t29?,31?,37-/m0/s1. The molecule has 4 amide bonds. The van der Waals surface area contributed by atoms with Gasteiger partial charge in [-0.1, -0.05) is 18.2 Å². The van der Waals surface area contributed by atoms with Gasteiger partial charge >= 0.3 is 6.09 Å². The van der Waals surface area contributed by atoms with Crippen LogP contribution in [-0.4, -0.2) is 102 Å². The van der Waals surface area contributed by atoms with Crippen LogP contribution in [0.3, 0.4) is 0 Å². The van der Waals surface area contributed by atoms with Crippen LogP contribution in [0.4, 0.5) is 30.9 Å². The molecule has 308 valence electrons. The number of ether oxygens (including phenoxy) is 1. The smallest absolute Gasteiger partial charge is 0.414 e. The quantitative estimate of drug-likeness (QED) is 0.206. The largest absolute Gasteiger partial charge is 0.449 e. The van der Waals surface area contributed by atoms with Crippen molar-refractivity contribution in [3.63, 3.8) is 0 Å². The first-order chi connectivity index (χ1) is 28.2. The van der Waals surface area contributed by atoms with Crippen molar-refractivity contribution in [3.05, 3.63) is 65.9 Å². The molecule has 0 bridgehead atoms.